The highest BCUT2D eigenvalue weighted by atomic mass is 14.7. The molecule has 0 aromatic carbocycles. The molecule has 2 rings (SSSR count). The van der Waals surface area contributed by atoms with Crippen LogP contribution in [-0.2, 0) is 6.42 Å². The van der Waals surface area contributed by atoms with Crippen molar-refractivity contribution in [2.24, 2.45) is 5.73 Å². The van der Waals surface area contributed by atoms with Crippen molar-refractivity contribution in [1.29, 1.82) is 0 Å². The van der Waals surface area contributed by atoms with E-state index in [1.54, 1.807) is 12.4 Å². The van der Waals surface area contributed by atoms with Gasteiger partial charge in [0.2, 0.25) is 0 Å². The number of hydrogen-bond donors (Lipinski definition) is 1. The normalized spacial score (nSPS) is 10.6. The molecule has 0 atom stereocenters. The summed E-state index contributed by atoms with van der Waals surface area (Å²) in [4.78, 5) is 8.35. The Balaban J connectivity index is 2.32. The van der Waals surface area contributed by atoms with Crippen LogP contribution in [0.5, 0.6) is 0 Å². The summed E-state index contributed by atoms with van der Waals surface area (Å²) >= 11 is 0. The van der Waals surface area contributed by atoms with Gasteiger partial charge in [-0.1, -0.05) is 0 Å². The van der Waals surface area contributed by atoms with Gasteiger partial charge in [-0.3, -0.25) is 9.97 Å². The number of rotatable bonds is 3. The van der Waals surface area contributed by atoms with E-state index in [4.69, 9.17) is 5.73 Å². The van der Waals surface area contributed by atoms with Crippen molar-refractivity contribution in [3.8, 4) is 0 Å². The second kappa shape index (κ2) is 4.15. The molecule has 3 nitrogen and oxygen atoms in total. The molecule has 0 saturated heterocycles. The van der Waals surface area contributed by atoms with E-state index in [2.05, 4.69) is 16.0 Å². The summed E-state index contributed by atoms with van der Waals surface area (Å²) in [7, 11) is 0. The first-order chi connectivity index (χ1) is 6.90. The standard InChI is InChI=1S/C11H13N3/c12-4-1-2-9-6-10-3-5-13-8-11(10)14-7-9/h3,5-8H,1-2,4,12H2. The molecule has 2 aromatic rings. The zero-order valence-electron chi connectivity index (χ0n) is 7.98. The topological polar surface area (TPSA) is 51.8 Å². The van der Waals surface area contributed by atoms with Gasteiger partial charge in [0.05, 0.1) is 11.7 Å². The van der Waals surface area contributed by atoms with Gasteiger partial charge in [0.15, 0.2) is 0 Å². The first-order valence-corrected chi connectivity index (χ1v) is 4.79. The van der Waals surface area contributed by atoms with Crippen LogP contribution >= 0.6 is 0 Å². The fourth-order valence-electron chi connectivity index (χ4n) is 1.46. The molecule has 0 radical (unpaired) electrons. The molecular weight excluding hydrogens is 174 g/mol. The number of nitrogens with zero attached hydrogens (tertiary/aromatic N) is 2. The summed E-state index contributed by atoms with van der Waals surface area (Å²) in [5.74, 6) is 0. The van der Waals surface area contributed by atoms with Crippen molar-refractivity contribution in [3.63, 3.8) is 0 Å². The van der Waals surface area contributed by atoms with E-state index >= 15 is 0 Å². The monoisotopic (exact) mass is 187 g/mol. The highest BCUT2D eigenvalue weighted by Gasteiger charge is 1.96. The molecule has 0 spiro atoms. The Morgan fingerprint density at radius 3 is 3.07 bits per heavy atom. The molecule has 0 fully saturated rings. The summed E-state index contributed by atoms with van der Waals surface area (Å²) in [6.07, 6.45) is 7.48. The van der Waals surface area contributed by atoms with E-state index in [0.717, 1.165) is 30.3 Å². The van der Waals surface area contributed by atoms with Crippen LogP contribution in [0.25, 0.3) is 10.9 Å². The Morgan fingerprint density at radius 1 is 1.29 bits per heavy atom. The molecule has 0 amide bonds. The largest absolute Gasteiger partial charge is 0.330 e. The molecule has 0 aliphatic rings. The van der Waals surface area contributed by atoms with E-state index in [-0.39, 0.29) is 0 Å². The molecule has 72 valence electrons. The van der Waals surface area contributed by atoms with Crippen molar-refractivity contribution in [3.05, 3.63) is 36.3 Å². The quantitative estimate of drug-likeness (QED) is 0.792. The minimum atomic E-state index is 0.731. The first-order valence-electron chi connectivity index (χ1n) is 4.79. The molecule has 0 bridgehead atoms. The van der Waals surface area contributed by atoms with E-state index in [0.29, 0.717) is 0 Å². The van der Waals surface area contributed by atoms with Crippen LogP contribution in [0, 0.1) is 0 Å². The number of aromatic nitrogens is 2. The maximum Gasteiger partial charge on any atom is 0.0885 e. The van der Waals surface area contributed by atoms with Crippen LogP contribution in [0.3, 0.4) is 0 Å². The third kappa shape index (κ3) is 1.88. The molecular formula is C11H13N3. The van der Waals surface area contributed by atoms with E-state index < -0.39 is 0 Å². The van der Waals surface area contributed by atoms with Gasteiger partial charge in [-0.05, 0) is 37.1 Å². The van der Waals surface area contributed by atoms with E-state index in [1.807, 2.05) is 12.3 Å². The van der Waals surface area contributed by atoms with E-state index in [9.17, 15) is 0 Å². The molecule has 2 aromatic heterocycles. The van der Waals surface area contributed by atoms with Crippen molar-refractivity contribution in [2.75, 3.05) is 6.54 Å². The van der Waals surface area contributed by atoms with Crippen molar-refractivity contribution >= 4 is 10.9 Å². The first kappa shape index (κ1) is 9.09. The molecule has 0 unspecified atom stereocenters. The van der Waals surface area contributed by atoms with Crippen LogP contribution in [0.15, 0.2) is 30.7 Å². The van der Waals surface area contributed by atoms with Gasteiger partial charge >= 0.3 is 0 Å². The van der Waals surface area contributed by atoms with Crippen molar-refractivity contribution in [2.45, 2.75) is 12.8 Å². The minimum Gasteiger partial charge on any atom is -0.330 e. The average Bonchev–Trinajstić information content (AvgIpc) is 2.26. The molecule has 14 heavy (non-hydrogen) atoms. The highest BCUT2D eigenvalue weighted by Crippen LogP contribution is 2.12. The van der Waals surface area contributed by atoms with Crippen molar-refractivity contribution < 1.29 is 0 Å². The molecule has 2 heterocycles. The predicted molar refractivity (Wildman–Crippen MR) is 56.9 cm³/mol. The molecule has 0 aliphatic heterocycles. The minimum absolute atomic E-state index is 0.731. The molecule has 0 aliphatic carbocycles. The Bertz CT molecular complexity index is 426. The highest BCUT2D eigenvalue weighted by molar-refractivity contribution is 5.77. The maximum atomic E-state index is 5.46. The Hall–Kier alpha value is -1.48. The van der Waals surface area contributed by atoms with E-state index in [1.165, 1.54) is 5.56 Å². The lowest BCUT2D eigenvalue weighted by Gasteiger charge is -2.01. The molecule has 3 heteroatoms. The number of aryl methyl sites for hydroxylation is 1. The van der Waals surface area contributed by atoms with Gasteiger partial charge in [0.1, 0.15) is 0 Å². The van der Waals surface area contributed by atoms with Gasteiger partial charge in [-0.25, -0.2) is 0 Å². The molecule has 0 saturated carbocycles. The van der Waals surface area contributed by atoms with Gasteiger partial charge < -0.3 is 5.73 Å². The van der Waals surface area contributed by atoms with Crippen LogP contribution in [0.4, 0.5) is 0 Å². The zero-order chi connectivity index (χ0) is 9.80. The number of nitrogens with two attached hydrogens (primary N) is 1. The average molecular weight is 187 g/mol. The summed E-state index contributed by atoms with van der Waals surface area (Å²) in [5.41, 5.74) is 7.65. The summed E-state index contributed by atoms with van der Waals surface area (Å²) < 4.78 is 0. The fourth-order valence-corrected chi connectivity index (χ4v) is 1.46. The second-order valence-corrected chi connectivity index (χ2v) is 3.30. The van der Waals surface area contributed by atoms with Gasteiger partial charge in [0, 0.05) is 17.8 Å². The van der Waals surface area contributed by atoms with Crippen molar-refractivity contribution in [1.82, 2.24) is 9.97 Å². The summed E-state index contributed by atoms with van der Waals surface area (Å²) in [6, 6.07) is 4.13. The Kier molecular flexibility index (Phi) is 2.70. The van der Waals surface area contributed by atoms with Crippen LogP contribution in [0.1, 0.15) is 12.0 Å². The lowest BCUT2D eigenvalue weighted by molar-refractivity contribution is 0.830. The van der Waals surface area contributed by atoms with Gasteiger partial charge in [-0.15, -0.1) is 0 Å². The van der Waals surface area contributed by atoms with Crippen LogP contribution < -0.4 is 5.73 Å². The number of hydrogen-bond acceptors (Lipinski definition) is 3. The van der Waals surface area contributed by atoms with Crippen LogP contribution in [0.2, 0.25) is 0 Å². The third-order valence-corrected chi connectivity index (χ3v) is 2.21. The zero-order valence-corrected chi connectivity index (χ0v) is 7.98. The van der Waals surface area contributed by atoms with Gasteiger partial charge in [-0.2, -0.15) is 0 Å². The molecule has 2 N–H and O–H groups in total. The van der Waals surface area contributed by atoms with Gasteiger partial charge in [0.25, 0.3) is 0 Å². The summed E-state index contributed by atoms with van der Waals surface area (Å²) in [6.45, 7) is 0.731. The lowest BCUT2D eigenvalue weighted by Crippen LogP contribution is -2.00. The summed E-state index contributed by atoms with van der Waals surface area (Å²) in [5, 5.41) is 1.15. The number of fused-ring (bicyclic) bond motifs is 1. The smallest absolute Gasteiger partial charge is 0.0885 e. The second-order valence-electron chi connectivity index (χ2n) is 3.30. The lowest BCUT2D eigenvalue weighted by atomic mass is 10.1. The maximum absolute atomic E-state index is 5.46. The predicted octanol–water partition coefficient (Wildman–Crippen LogP) is 1.52. The Labute approximate surface area is 83.0 Å². The Morgan fingerprint density at radius 2 is 2.21 bits per heavy atom. The fraction of sp³-hybridized carbons (Fsp3) is 0.273. The number of pyridine rings is 2. The van der Waals surface area contributed by atoms with Crippen LogP contribution in [-0.4, -0.2) is 16.5 Å². The SMILES string of the molecule is NCCCc1cnc2cnccc2c1. The third-order valence-electron chi connectivity index (χ3n) is 2.21.